The number of carbonyl (C=O) groups is 1. The molecule has 3 heteroatoms. The Labute approximate surface area is 97.8 Å². The molecule has 3 nitrogen and oxygen atoms in total. The molecular formula is C13H20N2O. The number of terminal acetylenes is 1. The van der Waals surface area contributed by atoms with E-state index in [2.05, 4.69) is 17.9 Å². The summed E-state index contributed by atoms with van der Waals surface area (Å²) in [4.78, 5) is 16.0. The molecule has 0 radical (unpaired) electrons. The summed E-state index contributed by atoms with van der Waals surface area (Å²) in [6.07, 6.45) is 9.58. The number of hydrogen-bond acceptors (Lipinski definition) is 2. The van der Waals surface area contributed by atoms with Crippen LogP contribution in [0.5, 0.6) is 0 Å². The fourth-order valence-corrected chi connectivity index (χ4v) is 2.75. The lowest BCUT2D eigenvalue weighted by molar-refractivity contribution is -0.127. The van der Waals surface area contributed by atoms with Crippen LogP contribution >= 0.6 is 0 Å². The molecule has 88 valence electrons. The normalized spacial score (nSPS) is 31.0. The van der Waals surface area contributed by atoms with E-state index in [1.54, 1.807) is 0 Å². The molecule has 0 spiro atoms. The van der Waals surface area contributed by atoms with Crippen molar-refractivity contribution in [1.82, 2.24) is 9.80 Å². The lowest BCUT2D eigenvalue weighted by Crippen LogP contribution is -2.32. The first-order valence-corrected chi connectivity index (χ1v) is 6.15. The average Bonchev–Trinajstić information content (AvgIpc) is 2.82. The lowest BCUT2D eigenvalue weighted by Gasteiger charge is -2.23. The van der Waals surface area contributed by atoms with Crippen molar-refractivity contribution in [2.75, 3.05) is 26.7 Å². The van der Waals surface area contributed by atoms with Crippen LogP contribution in [0.2, 0.25) is 0 Å². The molecule has 2 fully saturated rings. The second-order valence-corrected chi connectivity index (χ2v) is 4.97. The van der Waals surface area contributed by atoms with Crippen molar-refractivity contribution >= 4 is 5.91 Å². The molecule has 2 saturated heterocycles. The van der Waals surface area contributed by atoms with E-state index in [4.69, 9.17) is 6.42 Å². The first-order chi connectivity index (χ1) is 7.70. The van der Waals surface area contributed by atoms with E-state index in [0.29, 0.717) is 12.5 Å². The molecule has 1 amide bonds. The van der Waals surface area contributed by atoms with Crippen LogP contribution in [0.15, 0.2) is 0 Å². The number of carbonyl (C=O) groups excluding carboxylic acids is 1. The average molecular weight is 220 g/mol. The second kappa shape index (κ2) is 4.88. The Morgan fingerprint density at radius 1 is 1.56 bits per heavy atom. The summed E-state index contributed by atoms with van der Waals surface area (Å²) in [6, 6.07) is 0.665. The van der Waals surface area contributed by atoms with Crippen molar-refractivity contribution in [1.29, 1.82) is 0 Å². The van der Waals surface area contributed by atoms with E-state index in [1.807, 2.05) is 4.90 Å². The minimum Gasteiger partial charge on any atom is -0.341 e. The van der Waals surface area contributed by atoms with Crippen LogP contribution in [-0.2, 0) is 4.79 Å². The SMILES string of the molecule is C#CC1CC(=O)N(CCC2CCCN2C)C1. The maximum absolute atomic E-state index is 11.6. The van der Waals surface area contributed by atoms with Gasteiger partial charge in [0.2, 0.25) is 5.91 Å². The minimum absolute atomic E-state index is 0.147. The monoisotopic (exact) mass is 220 g/mol. The Hall–Kier alpha value is -1.01. The summed E-state index contributed by atoms with van der Waals surface area (Å²) in [5.41, 5.74) is 0. The number of hydrogen-bond donors (Lipinski definition) is 0. The number of amides is 1. The molecular weight excluding hydrogens is 200 g/mol. The standard InChI is InChI=1S/C13H20N2O/c1-3-11-9-13(16)15(10-11)8-6-12-5-4-7-14(12)2/h1,11-12H,4-10H2,2H3. The first kappa shape index (κ1) is 11.5. The minimum atomic E-state index is 0.147. The highest BCUT2D eigenvalue weighted by Gasteiger charge is 2.29. The molecule has 0 N–H and O–H groups in total. The third-order valence-corrected chi connectivity index (χ3v) is 3.85. The van der Waals surface area contributed by atoms with Gasteiger partial charge in [-0.2, -0.15) is 0 Å². The highest BCUT2D eigenvalue weighted by Crippen LogP contribution is 2.21. The Morgan fingerprint density at radius 2 is 2.38 bits per heavy atom. The zero-order valence-corrected chi connectivity index (χ0v) is 9.98. The number of likely N-dealkylation sites (tertiary alicyclic amines) is 2. The molecule has 2 aliphatic rings. The van der Waals surface area contributed by atoms with Gasteiger partial charge >= 0.3 is 0 Å². The lowest BCUT2D eigenvalue weighted by atomic mass is 10.1. The predicted molar refractivity (Wildman–Crippen MR) is 63.8 cm³/mol. The van der Waals surface area contributed by atoms with Gasteiger partial charge < -0.3 is 9.80 Å². The quantitative estimate of drug-likeness (QED) is 0.661. The van der Waals surface area contributed by atoms with Gasteiger partial charge in [0.15, 0.2) is 0 Å². The van der Waals surface area contributed by atoms with Gasteiger partial charge in [0.05, 0.1) is 0 Å². The van der Waals surface area contributed by atoms with E-state index < -0.39 is 0 Å². The summed E-state index contributed by atoms with van der Waals surface area (Å²) >= 11 is 0. The van der Waals surface area contributed by atoms with Gasteiger partial charge in [-0.1, -0.05) is 0 Å². The molecule has 2 unspecified atom stereocenters. The molecule has 0 aliphatic carbocycles. The van der Waals surface area contributed by atoms with Crippen molar-refractivity contribution in [3.05, 3.63) is 0 Å². The van der Waals surface area contributed by atoms with Crippen LogP contribution in [0.25, 0.3) is 0 Å². The molecule has 16 heavy (non-hydrogen) atoms. The van der Waals surface area contributed by atoms with E-state index >= 15 is 0 Å². The first-order valence-electron chi connectivity index (χ1n) is 6.15. The van der Waals surface area contributed by atoms with E-state index in [-0.39, 0.29) is 11.8 Å². The molecule has 0 saturated carbocycles. The summed E-state index contributed by atoms with van der Waals surface area (Å²) < 4.78 is 0. The molecule has 2 aliphatic heterocycles. The van der Waals surface area contributed by atoms with E-state index in [0.717, 1.165) is 19.5 Å². The zero-order valence-electron chi connectivity index (χ0n) is 9.98. The molecule has 2 atom stereocenters. The molecule has 0 aromatic carbocycles. The fraction of sp³-hybridized carbons (Fsp3) is 0.769. The smallest absolute Gasteiger partial charge is 0.223 e. The molecule has 2 rings (SSSR count). The second-order valence-electron chi connectivity index (χ2n) is 4.97. The van der Waals surface area contributed by atoms with E-state index in [1.165, 1.54) is 19.4 Å². The van der Waals surface area contributed by atoms with Gasteiger partial charge in [0, 0.05) is 31.5 Å². The topological polar surface area (TPSA) is 23.6 Å². The number of rotatable bonds is 3. The summed E-state index contributed by atoms with van der Waals surface area (Å²) in [5.74, 6) is 3.07. The maximum Gasteiger partial charge on any atom is 0.223 e. The fourth-order valence-electron chi connectivity index (χ4n) is 2.75. The Kier molecular flexibility index (Phi) is 3.50. The van der Waals surface area contributed by atoms with Gasteiger partial charge in [0.25, 0.3) is 0 Å². The van der Waals surface area contributed by atoms with Gasteiger partial charge in [-0.15, -0.1) is 12.3 Å². The van der Waals surface area contributed by atoms with Gasteiger partial charge in [-0.05, 0) is 32.9 Å². The Balaban J connectivity index is 1.78. The van der Waals surface area contributed by atoms with Crippen molar-refractivity contribution in [2.45, 2.75) is 31.7 Å². The van der Waals surface area contributed by atoms with Crippen molar-refractivity contribution in [3.8, 4) is 12.3 Å². The van der Waals surface area contributed by atoms with Gasteiger partial charge in [0.1, 0.15) is 0 Å². The van der Waals surface area contributed by atoms with Crippen molar-refractivity contribution < 1.29 is 4.79 Å². The van der Waals surface area contributed by atoms with Crippen molar-refractivity contribution in [3.63, 3.8) is 0 Å². The van der Waals surface area contributed by atoms with Crippen LogP contribution in [-0.4, -0.2) is 48.4 Å². The zero-order chi connectivity index (χ0) is 11.5. The highest BCUT2D eigenvalue weighted by atomic mass is 16.2. The largest absolute Gasteiger partial charge is 0.341 e. The van der Waals surface area contributed by atoms with Crippen LogP contribution in [0.4, 0.5) is 0 Å². The maximum atomic E-state index is 11.6. The highest BCUT2D eigenvalue weighted by molar-refractivity contribution is 5.79. The van der Waals surface area contributed by atoms with Crippen LogP contribution < -0.4 is 0 Å². The van der Waals surface area contributed by atoms with Crippen LogP contribution in [0, 0.1) is 18.3 Å². The van der Waals surface area contributed by atoms with Gasteiger partial charge in [-0.25, -0.2) is 0 Å². The van der Waals surface area contributed by atoms with E-state index in [9.17, 15) is 4.79 Å². The van der Waals surface area contributed by atoms with Crippen LogP contribution in [0.1, 0.15) is 25.7 Å². The molecule has 0 aromatic heterocycles. The Bertz CT molecular complexity index is 308. The molecule has 0 bridgehead atoms. The van der Waals surface area contributed by atoms with Crippen molar-refractivity contribution in [2.24, 2.45) is 5.92 Å². The Morgan fingerprint density at radius 3 is 2.94 bits per heavy atom. The molecule has 0 aromatic rings. The third kappa shape index (κ3) is 2.38. The number of nitrogens with zero attached hydrogens (tertiary/aromatic N) is 2. The summed E-state index contributed by atoms with van der Waals surface area (Å²) in [6.45, 7) is 2.85. The summed E-state index contributed by atoms with van der Waals surface area (Å²) in [7, 11) is 2.17. The predicted octanol–water partition coefficient (Wildman–Crippen LogP) is 0.952. The van der Waals surface area contributed by atoms with Crippen LogP contribution in [0.3, 0.4) is 0 Å². The third-order valence-electron chi connectivity index (χ3n) is 3.85. The molecule has 2 heterocycles. The van der Waals surface area contributed by atoms with Gasteiger partial charge in [-0.3, -0.25) is 4.79 Å². The summed E-state index contributed by atoms with van der Waals surface area (Å²) in [5, 5.41) is 0.